The number of nitrogens with one attached hydrogen (secondary N) is 1. The summed E-state index contributed by atoms with van der Waals surface area (Å²) >= 11 is -1.07. The standard InChI is InChI=1S/C14H19NO2S/c1-10(15-18(16)14(2,3)4)11-5-6-13-12(9-11)7-8-17-13/h5-10,15H,1-4H3/t10-,18+/m0/s1. The van der Waals surface area contributed by atoms with Crippen LogP contribution in [0.25, 0.3) is 11.0 Å². The van der Waals surface area contributed by atoms with E-state index in [1.807, 2.05) is 45.9 Å². The highest BCUT2D eigenvalue weighted by Crippen LogP contribution is 2.23. The largest absolute Gasteiger partial charge is 0.598 e. The highest BCUT2D eigenvalue weighted by Gasteiger charge is 2.28. The molecule has 0 aliphatic rings. The number of furan rings is 1. The maximum Gasteiger partial charge on any atom is 0.136 e. The molecule has 1 aromatic heterocycles. The molecule has 3 nitrogen and oxygen atoms in total. The molecule has 18 heavy (non-hydrogen) atoms. The molecular formula is C14H19NO2S. The fraction of sp³-hybridized carbons (Fsp3) is 0.429. The summed E-state index contributed by atoms with van der Waals surface area (Å²) in [6.07, 6.45) is 1.68. The van der Waals surface area contributed by atoms with E-state index in [1.54, 1.807) is 6.26 Å². The van der Waals surface area contributed by atoms with E-state index >= 15 is 0 Å². The topological polar surface area (TPSA) is 48.2 Å². The monoisotopic (exact) mass is 265 g/mol. The molecule has 2 aromatic rings. The summed E-state index contributed by atoms with van der Waals surface area (Å²) in [5.74, 6) is 0. The average molecular weight is 265 g/mol. The Morgan fingerprint density at radius 3 is 2.67 bits per heavy atom. The van der Waals surface area contributed by atoms with E-state index < -0.39 is 11.4 Å². The van der Waals surface area contributed by atoms with Gasteiger partial charge in [-0.05, 0) is 51.5 Å². The Kier molecular flexibility index (Phi) is 3.71. The van der Waals surface area contributed by atoms with E-state index in [1.165, 1.54) is 0 Å². The molecule has 0 unspecified atom stereocenters. The molecule has 98 valence electrons. The zero-order valence-corrected chi connectivity index (χ0v) is 12.0. The lowest BCUT2D eigenvalue weighted by molar-refractivity contribution is 0.531. The Hall–Kier alpha value is -0.970. The highest BCUT2D eigenvalue weighted by atomic mass is 32.2. The number of fused-ring (bicyclic) bond motifs is 1. The van der Waals surface area contributed by atoms with Crippen LogP contribution in [0.15, 0.2) is 34.9 Å². The molecule has 0 bridgehead atoms. The van der Waals surface area contributed by atoms with Gasteiger partial charge in [-0.3, -0.25) is 0 Å². The number of rotatable bonds is 3. The normalized spacial score (nSPS) is 15.8. The van der Waals surface area contributed by atoms with Crippen LogP contribution in [0.5, 0.6) is 0 Å². The molecule has 2 rings (SSSR count). The number of benzene rings is 1. The summed E-state index contributed by atoms with van der Waals surface area (Å²) in [5, 5.41) is 1.07. The third-order valence-electron chi connectivity index (χ3n) is 2.82. The Morgan fingerprint density at radius 1 is 1.28 bits per heavy atom. The van der Waals surface area contributed by atoms with Crippen LogP contribution < -0.4 is 4.72 Å². The Balaban J connectivity index is 2.15. The number of hydrogen-bond donors (Lipinski definition) is 1. The fourth-order valence-corrected chi connectivity index (χ4v) is 2.47. The average Bonchev–Trinajstić information content (AvgIpc) is 2.74. The lowest BCUT2D eigenvalue weighted by Gasteiger charge is -2.26. The molecule has 0 saturated carbocycles. The minimum absolute atomic E-state index is 0.0457. The molecule has 1 N–H and O–H groups in total. The SMILES string of the molecule is C[C@H](N[S@+]([O-])C(C)(C)C)c1ccc2occc2c1. The van der Waals surface area contributed by atoms with E-state index in [9.17, 15) is 4.55 Å². The zero-order chi connectivity index (χ0) is 13.3. The van der Waals surface area contributed by atoms with Gasteiger partial charge in [0.2, 0.25) is 0 Å². The molecule has 1 heterocycles. The minimum Gasteiger partial charge on any atom is -0.598 e. The van der Waals surface area contributed by atoms with E-state index in [0.717, 1.165) is 16.5 Å². The number of hydrogen-bond acceptors (Lipinski definition) is 3. The van der Waals surface area contributed by atoms with Crippen molar-refractivity contribution in [1.29, 1.82) is 0 Å². The van der Waals surface area contributed by atoms with Crippen LogP contribution in [0.4, 0.5) is 0 Å². The van der Waals surface area contributed by atoms with Gasteiger partial charge in [0.25, 0.3) is 0 Å². The predicted molar refractivity (Wildman–Crippen MR) is 75.7 cm³/mol. The first-order valence-corrected chi connectivity index (χ1v) is 7.18. The van der Waals surface area contributed by atoms with Crippen molar-refractivity contribution in [2.45, 2.75) is 38.5 Å². The second kappa shape index (κ2) is 4.96. The van der Waals surface area contributed by atoms with Gasteiger partial charge >= 0.3 is 0 Å². The summed E-state index contributed by atoms with van der Waals surface area (Å²) in [6.45, 7) is 7.90. The predicted octanol–water partition coefficient (Wildman–Crippen LogP) is 3.55. The van der Waals surface area contributed by atoms with Gasteiger partial charge in [-0.2, -0.15) is 0 Å². The van der Waals surface area contributed by atoms with Crippen LogP contribution >= 0.6 is 0 Å². The Bertz CT molecular complexity index is 530. The van der Waals surface area contributed by atoms with E-state index in [0.29, 0.717) is 0 Å². The summed E-state index contributed by atoms with van der Waals surface area (Å²) in [6, 6.07) is 8.00. The van der Waals surface area contributed by atoms with Gasteiger partial charge in [-0.15, -0.1) is 4.72 Å². The summed E-state index contributed by atoms with van der Waals surface area (Å²) < 4.78 is 20.2. The molecule has 1 aromatic carbocycles. The molecule has 0 saturated heterocycles. The van der Waals surface area contributed by atoms with Crippen LogP contribution in [0.2, 0.25) is 0 Å². The Morgan fingerprint density at radius 2 is 2.00 bits per heavy atom. The summed E-state index contributed by atoms with van der Waals surface area (Å²) in [4.78, 5) is 0. The zero-order valence-electron chi connectivity index (χ0n) is 11.2. The summed E-state index contributed by atoms with van der Waals surface area (Å²) in [5.41, 5.74) is 1.99. The van der Waals surface area contributed by atoms with Crippen LogP contribution in [-0.2, 0) is 11.4 Å². The quantitative estimate of drug-likeness (QED) is 0.863. The molecule has 0 aliphatic heterocycles. The van der Waals surface area contributed by atoms with Gasteiger partial charge in [0.05, 0.1) is 12.3 Å². The lowest BCUT2D eigenvalue weighted by Crippen LogP contribution is -2.40. The maximum atomic E-state index is 12.0. The second-order valence-corrected chi connectivity index (χ2v) is 7.44. The molecule has 0 fully saturated rings. The highest BCUT2D eigenvalue weighted by molar-refractivity contribution is 7.90. The van der Waals surface area contributed by atoms with Crippen molar-refractivity contribution in [2.24, 2.45) is 0 Å². The van der Waals surface area contributed by atoms with Gasteiger partial charge in [-0.1, -0.05) is 6.07 Å². The first-order valence-electron chi connectivity index (χ1n) is 6.03. The minimum atomic E-state index is -1.07. The van der Waals surface area contributed by atoms with E-state index in [4.69, 9.17) is 4.42 Å². The van der Waals surface area contributed by atoms with Crippen molar-refractivity contribution in [1.82, 2.24) is 4.72 Å². The van der Waals surface area contributed by atoms with Crippen molar-refractivity contribution < 1.29 is 8.97 Å². The third-order valence-corrected chi connectivity index (χ3v) is 4.50. The molecular weight excluding hydrogens is 246 g/mol. The second-order valence-electron chi connectivity index (χ2n) is 5.44. The van der Waals surface area contributed by atoms with Crippen molar-refractivity contribution in [3.8, 4) is 0 Å². The van der Waals surface area contributed by atoms with Crippen molar-refractivity contribution in [3.05, 3.63) is 36.1 Å². The van der Waals surface area contributed by atoms with Crippen molar-refractivity contribution >= 4 is 22.3 Å². The van der Waals surface area contributed by atoms with Gasteiger partial charge < -0.3 is 8.97 Å². The smallest absolute Gasteiger partial charge is 0.136 e. The van der Waals surface area contributed by atoms with Gasteiger partial charge in [-0.25, -0.2) is 0 Å². The van der Waals surface area contributed by atoms with Crippen LogP contribution in [-0.4, -0.2) is 9.30 Å². The van der Waals surface area contributed by atoms with E-state index in [2.05, 4.69) is 10.8 Å². The molecule has 0 spiro atoms. The van der Waals surface area contributed by atoms with Gasteiger partial charge in [0, 0.05) is 16.7 Å². The van der Waals surface area contributed by atoms with Gasteiger partial charge in [0.15, 0.2) is 0 Å². The Labute approximate surface area is 111 Å². The van der Waals surface area contributed by atoms with Crippen LogP contribution in [0.1, 0.15) is 39.3 Å². The molecule has 4 heteroatoms. The van der Waals surface area contributed by atoms with Gasteiger partial charge in [0.1, 0.15) is 10.3 Å². The van der Waals surface area contributed by atoms with E-state index in [-0.39, 0.29) is 10.8 Å². The maximum absolute atomic E-state index is 12.0. The lowest BCUT2D eigenvalue weighted by atomic mass is 10.1. The molecule has 2 atom stereocenters. The third kappa shape index (κ3) is 2.88. The van der Waals surface area contributed by atoms with Crippen molar-refractivity contribution in [3.63, 3.8) is 0 Å². The molecule has 0 aliphatic carbocycles. The van der Waals surface area contributed by atoms with Crippen LogP contribution in [0.3, 0.4) is 0 Å². The molecule has 0 amide bonds. The van der Waals surface area contributed by atoms with Crippen LogP contribution in [0, 0.1) is 0 Å². The fourth-order valence-electron chi connectivity index (χ4n) is 1.66. The molecule has 0 radical (unpaired) electrons. The summed E-state index contributed by atoms with van der Waals surface area (Å²) in [7, 11) is 0. The first-order chi connectivity index (χ1) is 8.38. The van der Waals surface area contributed by atoms with Crippen molar-refractivity contribution in [2.75, 3.05) is 0 Å². The first kappa shape index (κ1) is 13.5.